The van der Waals surface area contributed by atoms with Gasteiger partial charge in [0.1, 0.15) is 0 Å². The van der Waals surface area contributed by atoms with E-state index in [1.807, 2.05) is 56.7 Å². The molecule has 0 unspecified atom stereocenters. The standard InChI is InChI=1S/C14H16ClNO/c1-14(2,3)13(17)12-8-9-7-10(15)5-6-11(9)16(12)4/h5-8H,1-4H3. The quantitative estimate of drug-likeness (QED) is 0.699. The zero-order valence-corrected chi connectivity index (χ0v) is 11.3. The molecule has 0 saturated heterocycles. The summed E-state index contributed by atoms with van der Waals surface area (Å²) in [5.74, 6) is 0.146. The molecular weight excluding hydrogens is 234 g/mol. The average molecular weight is 250 g/mol. The largest absolute Gasteiger partial charge is 0.341 e. The molecule has 2 rings (SSSR count). The molecule has 1 heterocycles. The van der Waals surface area contributed by atoms with Gasteiger partial charge in [-0.25, -0.2) is 0 Å². The Morgan fingerprint density at radius 2 is 1.88 bits per heavy atom. The molecule has 0 aliphatic heterocycles. The van der Waals surface area contributed by atoms with Gasteiger partial charge in [0.05, 0.1) is 5.69 Å². The van der Waals surface area contributed by atoms with Gasteiger partial charge in [-0.15, -0.1) is 0 Å². The van der Waals surface area contributed by atoms with E-state index in [0.717, 1.165) is 16.6 Å². The van der Waals surface area contributed by atoms with Crippen LogP contribution in [0, 0.1) is 5.41 Å². The van der Waals surface area contributed by atoms with Crippen LogP contribution >= 0.6 is 11.6 Å². The van der Waals surface area contributed by atoms with Crippen molar-refractivity contribution in [2.45, 2.75) is 20.8 Å². The third-order valence-electron chi connectivity index (χ3n) is 2.92. The first kappa shape index (κ1) is 12.2. The van der Waals surface area contributed by atoms with Crippen molar-refractivity contribution in [3.63, 3.8) is 0 Å². The average Bonchev–Trinajstić information content (AvgIpc) is 2.53. The lowest BCUT2D eigenvalue weighted by molar-refractivity contribution is 0.0850. The van der Waals surface area contributed by atoms with Crippen LogP contribution in [0.15, 0.2) is 24.3 Å². The highest BCUT2D eigenvalue weighted by Gasteiger charge is 2.25. The van der Waals surface area contributed by atoms with Gasteiger partial charge >= 0.3 is 0 Å². The number of carbonyl (C=O) groups is 1. The summed E-state index contributed by atoms with van der Waals surface area (Å²) in [6.07, 6.45) is 0. The Morgan fingerprint density at radius 1 is 1.24 bits per heavy atom. The van der Waals surface area contributed by atoms with Gasteiger partial charge in [0.25, 0.3) is 0 Å². The van der Waals surface area contributed by atoms with E-state index in [4.69, 9.17) is 11.6 Å². The van der Waals surface area contributed by atoms with Crippen molar-refractivity contribution in [3.8, 4) is 0 Å². The van der Waals surface area contributed by atoms with Crippen molar-refractivity contribution in [1.29, 1.82) is 0 Å². The first-order valence-electron chi connectivity index (χ1n) is 5.60. The van der Waals surface area contributed by atoms with Crippen molar-refractivity contribution in [3.05, 3.63) is 35.0 Å². The third kappa shape index (κ3) is 2.09. The van der Waals surface area contributed by atoms with Gasteiger partial charge in [-0.05, 0) is 24.3 Å². The number of fused-ring (bicyclic) bond motifs is 1. The van der Waals surface area contributed by atoms with E-state index in [1.165, 1.54) is 0 Å². The zero-order chi connectivity index (χ0) is 12.8. The Bertz CT molecular complexity index is 590. The van der Waals surface area contributed by atoms with Crippen molar-refractivity contribution >= 4 is 28.3 Å². The maximum absolute atomic E-state index is 12.3. The predicted molar refractivity (Wildman–Crippen MR) is 71.7 cm³/mol. The second-order valence-electron chi connectivity index (χ2n) is 5.37. The molecule has 0 spiro atoms. The Balaban J connectivity index is 2.64. The molecule has 0 radical (unpaired) electrons. The first-order chi connectivity index (χ1) is 7.80. The van der Waals surface area contributed by atoms with Crippen LogP contribution in [0.1, 0.15) is 31.3 Å². The van der Waals surface area contributed by atoms with E-state index in [0.29, 0.717) is 5.02 Å². The number of hydrogen-bond acceptors (Lipinski definition) is 1. The number of aromatic nitrogens is 1. The number of nitrogens with zero attached hydrogens (tertiary/aromatic N) is 1. The lowest BCUT2D eigenvalue weighted by Gasteiger charge is -2.16. The van der Waals surface area contributed by atoms with Crippen LogP contribution in [0.5, 0.6) is 0 Å². The fourth-order valence-electron chi connectivity index (χ4n) is 1.92. The minimum Gasteiger partial charge on any atom is -0.341 e. The van der Waals surface area contributed by atoms with Gasteiger partial charge in [-0.3, -0.25) is 4.79 Å². The van der Waals surface area contributed by atoms with Crippen molar-refractivity contribution in [1.82, 2.24) is 4.57 Å². The molecule has 90 valence electrons. The molecule has 0 saturated carbocycles. The van der Waals surface area contributed by atoms with E-state index >= 15 is 0 Å². The number of halogens is 1. The van der Waals surface area contributed by atoms with Crippen LogP contribution in [0.4, 0.5) is 0 Å². The molecule has 1 aromatic carbocycles. The summed E-state index contributed by atoms with van der Waals surface area (Å²) in [5, 5.41) is 1.70. The molecule has 0 fully saturated rings. The SMILES string of the molecule is Cn1c(C(=O)C(C)(C)C)cc2cc(Cl)ccc21. The van der Waals surface area contributed by atoms with Crippen molar-refractivity contribution < 1.29 is 4.79 Å². The van der Waals surface area contributed by atoms with Gasteiger partial charge < -0.3 is 4.57 Å². The van der Waals surface area contributed by atoms with Crippen LogP contribution in [0.3, 0.4) is 0 Å². The van der Waals surface area contributed by atoms with Crippen LogP contribution in [-0.4, -0.2) is 10.4 Å². The number of ketones is 1. The van der Waals surface area contributed by atoms with Gasteiger partial charge in [0.15, 0.2) is 5.78 Å². The molecule has 0 amide bonds. The van der Waals surface area contributed by atoms with E-state index in [1.54, 1.807) is 0 Å². The summed E-state index contributed by atoms with van der Waals surface area (Å²) in [6, 6.07) is 7.58. The zero-order valence-electron chi connectivity index (χ0n) is 10.5. The first-order valence-corrected chi connectivity index (χ1v) is 5.98. The minimum atomic E-state index is -0.369. The van der Waals surface area contributed by atoms with Crippen molar-refractivity contribution in [2.24, 2.45) is 12.5 Å². The minimum absolute atomic E-state index is 0.146. The Kier molecular flexibility index (Phi) is 2.78. The highest BCUT2D eigenvalue weighted by Crippen LogP contribution is 2.27. The number of Topliss-reactive ketones (excluding diaryl/α,β-unsaturated/α-hetero) is 1. The molecule has 1 aromatic heterocycles. The fourth-order valence-corrected chi connectivity index (χ4v) is 2.10. The van der Waals surface area contributed by atoms with Crippen molar-refractivity contribution in [2.75, 3.05) is 0 Å². The van der Waals surface area contributed by atoms with Gasteiger partial charge in [-0.1, -0.05) is 32.4 Å². The number of rotatable bonds is 1. The van der Waals surface area contributed by atoms with E-state index in [-0.39, 0.29) is 11.2 Å². The van der Waals surface area contributed by atoms with Crippen LogP contribution in [-0.2, 0) is 7.05 Å². The maximum atomic E-state index is 12.3. The van der Waals surface area contributed by atoms with Gasteiger partial charge in [0, 0.05) is 28.4 Å². The Hall–Kier alpha value is -1.28. The topological polar surface area (TPSA) is 22.0 Å². The number of carbonyl (C=O) groups excluding carboxylic acids is 1. The monoisotopic (exact) mass is 249 g/mol. The molecule has 17 heavy (non-hydrogen) atoms. The number of benzene rings is 1. The number of aryl methyl sites for hydroxylation is 1. The fraction of sp³-hybridized carbons (Fsp3) is 0.357. The summed E-state index contributed by atoms with van der Waals surface area (Å²) < 4.78 is 1.93. The van der Waals surface area contributed by atoms with Crippen LogP contribution < -0.4 is 0 Å². The molecule has 0 N–H and O–H groups in total. The lowest BCUT2D eigenvalue weighted by atomic mass is 9.89. The highest BCUT2D eigenvalue weighted by molar-refractivity contribution is 6.31. The summed E-state index contributed by atoms with van der Waals surface area (Å²) in [4.78, 5) is 12.3. The van der Waals surface area contributed by atoms with Gasteiger partial charge in [0.2, 0.25) is 0 Å². The maximum Gasteiger partial charge on any atom is 0.184 e. The second kappa shape index (κ2) is 3.88. The molecule has 2 nitrogen and oxygen atoms in total. The molecule has 0 aliphatic carbocycles. The summed E-state index contributed by atoms with van der Waals surface area (Å²) in [6.45, 7) is 5.79. The molecule has 0 aliphatic rings. The summed E-state index contributed by atoms with van der Waals surface area (Å²) >= 11 is 5.96. The van der Waals surface area contributed by atoms with Crippen LogP contribution in [0.2, 0.25) is 5.02 Å². The van der Waals surface area contributed by atoms with E-state index < -0.39 is 0 Å². The predicted octanol–water partition coefficient (Wildman–Crippen LogP) is 4.06. The highest BCUT2D eigenvalue weighted by atomic mass is 35.5. The van der Waals surface area contributed by atoms with E-state index in [9.17, 15) is 4.79 Å². The molecule has 2 aromatic rings. The smallest absolute Gasteiger partial charge is 0.184 e. The molecule has 3 heteroatoms. The normalized spacial score (nSPS) is 12.1. The van der Waals surface area contributed by atoms with Gasteiger partial charge in [-0.2, -0.15) is 0 Å². The second-order valence-corrected chi connectivity index (χ2v) is 5.81. The van der Waals surface area contributed by atoms with Crippen LogP contribution in [0.25, 0.3) is 10.9 Å². The summed E-state index contributed by atoms with van der Waals surface area (Å²) in [5.41, 5.74) is 1.39. The van der Waals surface area contributed by atoms with E-state index in [2.05, 4.69) is 0 Å². The Morgan fingerprint density at radius 3 is 2.47 bits per heavy atom. The molecule has 0 atom stereocenters. The lowest BCUT2D eigenvalue weighted by Crippen LogP contribution is -2.22. The summed E-state index contributed by atoms with van der Waals surface area (Å²) in [7, 11) is 1.91. The number of hydrogen-bond donors (Lipinski definition) is 0. The molecule has 0 bridgehead atoms. The Labute approximate surface area is 106 Å². The third-order valence-corrected chi connectivity index (χ3v) is 3.15. The molecular formula is C14H16ClNO.